The van der Waals surface area contributed by atoms with E-state index in [0.717, 1.165) is 11.1 Å². The zero-order valence-electron chi connectivity index (χ0n) is 15.9. The lowest BCUT2D eigenvalue weighted by Crippen LogP contribution is -2.38. The molecule has 0 saturated carbocycles. The minimum Gasteiger partial charge on any atom is -0.352 e. The van der Waals surface area contributed by atoms with Crippen molar-refractivity contribution in [2.45, 2.75) is 31.3 Å². The first-order valence-corrected chi connectivity index (χ1v) is 10.0. The standard InChI is InChI=1S/C19H25FN4O2S/c1-13-5-8-16(11-18(13)20)14(2)24-19(21-3)23-12-15-6-9-17(10-7-15)27(25,26)22-4/h5-11,14,22H,12H2,1-4H3,(H2,21,23,24). The van der Waals surface area contributed by atoms with Gasteiger partial charge in [0, 0.05) is 13.6 Å². The van der Waals surface area contributed by atoms with Crippen molar-refractivity contribution in [2.75, 3.05) is 14.1 Å². The van der Waals surface area contributed by atoms with E-state index in [0.29, 0.717) is 18.1 Å². The zero-order valence-corrected chi connectivity index (χ0v) is 16.7. The molecule has 27 heavy (non-hydrogen) atoms. The van der Waals surface area contributed by atoms with E-state index in [4.69, 9.17) is 0 Å². The van der Waals surface area contributed by atoms with Gasteiger partial charge < -0.3 is 10.6 Å². The molecule has 0 aliphatic heterocycles. The number of guanidine groups is 1. The van der Waals surface area contributed by atoms with Crippen LogP contribution in [0.5, 0.6) is 0 Å². The maximum atomic E-state index is 13.7. The summed E-state index contributed by atoms with van der Waals surface area (Å²) in [6.45, 7) is 4.12. The van der Waals surface area contributed by atoms with Crippen molar-refractivity contribution in [3.8, 4) is 0 Å². The van der Waals surface area contributed by atoms with Crippen molar-refractivity contribution < 1.29 is 12.8 Å². The van der Waals surface area contributed by atoms with Crippen LogP contribution in [0.4, 0.5) is 4.39 Å². The molecule has 6 nitrogen and oxygen atoms in total. The van der Waals surface area contributed by atoms with E-state index in [2.05, 4.69) is 20.3 Å². The van der Waals surface area contributed by atoms with Gasteiger partial charge in [0.25, 0.3) is 0 Å². The summed E-state index contributed by atoms with van der Waals surface area (Å²) in [5, 5.41) is 6.38. The second kappa shape index (κ2) is 8.96. The van der Waals surface area contributed by atoms with Gasteiger partial charge in [-0.15, -0.1) is 0 Å². The van der Waals surface area contributed by atoms with E-state index < -0.39 is 10.0 Å². The summed E-state index contributed by atoms with van der Waals surface area (Å²) in [7, 11) is -0.412. The van der Waals surface area contributed by atoms with Crippen LogP contribution in [0.2, 0.25) is 0 Å². The first-order valence-electron chi connectivity index (χ1n) is 8.52. The normalized spacial score (nSPS) is 13.3. The highest BCUT2D eigenvalue weighted by molar-refractivity contribution is 7.89. The number of halogens is 1. The third-order valence-corrected chi connectivity index (χ3v) is 5.67. The topological polar surface area (TPSA) is 82.6 Å². The molecule has 2 aromatic carbocycles. The van der Waals surface area contributed by atoms with E-state index in [1.807, 2.05) is 13.0 Å². The molecule has 1 atom stereocenters. The summed E-state index contributed by atoms with van der Waals surface area (Å²) in [5.74, 6) is 0.330. The van der Waals surface area contributed by atoms with Crippen molar-refractivity contribution >= 4 is 16.0 Å². The fourth-order valence-corrected chi connectivity index (χ4v) is 3.18. The van der Waals surface area contributed by atoms with Gasteiger partial charge in [0.15, 0.2) is 5.96 Å². The second-order valence-electron chi connectivity index (χ2n) is 6.15. The molecule has 0 radical (unpaired) electrons. The smallest absolute Gasteiger partial charge is 0.240 e. The number of aliphatic imine (C=N–C) groups is 1. The Kier molecular flexibility index (Phi) is 6.92. The van der Waals surface area contributed by atoms with Gasteiger partial charge in [-0.1, -0.05) is 24.3 Å². The van der Waals surface area contributed by atoms with Crippen molar-refractivity contribution in [3.05, 3.63) is 65.0 Å². The van der Waals surface area contributed by atoms with Gasteiger partial charge in [-0.2, -0.15) is 0 Å². The molecule has 0 bridgehead atoms. The third-order valence-electron chi connectivity index (χ3n) is 4.24. The number of benzene rings is 2. The molecule has 0 aliphatic carbocycles. The highest BCUT2D eigenvalue weighted by atomic mass is 32.2. The van der Waals surface area contributed by atoms with Gasteiger partial charge in [0.1, 0.15) is 5.82 Å². The van der Waals surface area contributed by atoms with E-state index >= 15 is 0 Å². The number of rotatable bonds is 6. The Bertz CT molecular complexity index is 912. The molecular weight excluding hydrogens is 367 g/mol. The summed E-state index contributed by atoms with van der Waals surface area (Å²) < 4.78 is 39.5. The van der Waals surface area contributed by atoms with Crippen molar-refractivity contribution in [1.82, 2.24) is 15.4 Å². The molecule has 3 N–H and O–H groups in total. The largest absolute Gasteiger partial charge is 0.352 e. The summed E-state index contributed by atoms with van der Waals surface area (Å²) in [4.78, 5) is 4.39. The summed E-state index contributed by atoms with van der Waals surface area (Å²) in [6.07, 6.45) is 0. The van der Waals surface area contributed by atoms with Crippen LogP contribution in [-0.4, -0.2) is 28.5 Å². The molecule has 0 aliphatic rings. The molecule has 2 aromatic rings. The van der Waals surface area contributed by atoms with E-state index in [-0.39, 0.29) is 16.8 Å². The monoisotopic (exact) mass is 392 g/mol. The molecule has 8 heteroatoms. The van der Waals surface area contributed by atoms with Crippen LogP contribution >= 0.6 is 0 Å². The van der Waals surface area contributed by atoms with Gasteiger partial charge in [0.2, 0.25) is 10.0 Å². The molecule has 0 amide bonds. The van der Waals surface area contributed by atoms with Gasteiger partial charge in [-0.05, 0) is 55.8 Å². The van der Waals surface area contributed by atoms with Crippen LogP contribution in [0.25, 0.3) is 0 Å². The molecule has 0 fully saturated rings. The van der Waals surface area contributed by atoms with Crippen molar-refractivity contribution in [3.63, 3.8) is 0 Å². The molecule has 1 unspecified atom stereocenters. The molecule has 0 heterocycles. The van der Waals surface area contributed by atoms with Gasteiger partial charge in [0.05, 0.1) is 10.9 Å². The Labute approximate surface area is 160 Å². The fourth-order valence-electron chi connectivity index (χ4n) is 2.45. The predicted molar refractivity (Wildman–Crippen MR) is 106 cm³/mol. The van der Waals surface area contributed by atoms with Crippen molar-refractivity contribution in [1.29, 1.82) is 0 Å². The number of hydrogen-bond donors (Lipinski definition) is 3. The van der Waals surface area contributed by atoms with Crippen LogP contribution in [0, 0.1) is 12.7 Å². The average Bonchev–Trinajstić information content (AvgIpc) is 2.67. The second-order valence-corrected chi connectivity index (χ2v) is 8.04. The lowest BCUT2D eigenvalue weighted by atomic mass is 10.1. The fraction of sp³-hybridized carbons (Fsp3) is 0.316. The Hall–Kier alpha value is -2.45. The third kappa shape index (κ3) is 5.51. The van der Waals surface area contributed by atoms with Crippen molar-refractivity contribution in [2.24, 2.45) is 4.99 Å². The molecule has 0 spiro atoms. The lowest BCUT2D eigenvalue weighted by molar-refractivity contribution is 0.588. The minimum atomic E-state index is -3.44. The number of nitrogens with zero attached hydrogens (tertiary/aromatic N) is 1. The number of aryl methyl sites for hydroxylation is 1. The van der Waals surface area contributed by atoms with E-state index in [1.165, 1.54) is 13.1 Å². The first kappa shape index (κ1) is 20.9. The molecular formula is C19H25FN4O2S. The van der Waals surface area contributed by atoms with Crippen LogP contribution in [0.3, 0.4) is 0 Å². The Balaban J connectivity index is 1.98. The highest BCUT2D eigenvalue weighted by Gasteiger charge is 2.12. The lowest BCUT2D eigenvalue weighted by Gasteiger charge is -2.19. The Morgan fingerprint density at radius 3 is 2.41 bits per heavy atom. The molecule has 146 valence electrons. The van der Waals surface area contributed by atoms with E-state index in [9.17, 15) is 12.8 Å². The number of sulfonamides is 1. The first-order chi connectivity index (χ1) is 12.8. The highest BCUT2D eigenvalue weighted by Crippen LogP contribution is 2.16. The average molecular weight is 393 g/mol. The summed E-state index contributed by atoms with van der Waals surface area (Å²) >= 11 is 0. The molecule has 0 saturated heterocycles. The van der Waals surface area contributed by atoms with Gasteiger partial charge >= 0.3 is 0 Å². The van der Waals surface area contributed by atoms with Crippen LogP contribution in [0.1, 0.15) is 29.7 Å². The van der Waals surface area contributed by atoms with E-state index in [1.54, 1.807) is 44.3 Å². The summed E-state index contributed by atoms with van der Waals surface area (Å²) in [5.41, 5.74) is 2.34. The minimum absolute atomic E-state index is 0.130. The maximum Gasteiger partial charge on any atom is 0.240 e. The number of nitrogens with one attached hydrogen (secondary N) is 3. The molecule has 0 aromatic heterocycles. The SMILES string of the molecule is CN=C(NCc1ccc(S(=O)(=O)NC)cc1)NC(C)c1ccc(C)c(F)c1. The zero-order chi connectivity index (χ0) is 20.0. The number of hydrogen-bond acceptors (Lipinski definition) is 3. The van der Waals surface area contributed by atoms with Gasteiger partial charge in [-0.25, -0.2) is 17.5 Å². The molecule has 2 rings (SSSR count). The van der Waals surface area contributed by atoms with Crippen LogP contribution < -0.4 is 15.4 Å². The Morgan fingerprint density at radius 2 is 1.85 bits per heavy atom. The quantitative estimate of drug-likeness (QED) is 0.521. The predicted octanol–water partition coefficient (Wildman–Crippen LogP) is 2.47. The van der Waals surface area contributed by atoms with Crippen LogP contribution in [0.15, 0.2) is 52.4 Å². The maximum absolute atomic E-state index is 13.7. The van der Waals surface area contributed by atoms with Gasteiger partial charge in [-0.3, -0.25) is 4.99 Å². The Morgan fingerprint density at radius 1 is 1.19 bits per heavy atom. The summed E-state index contributed by atoms with van der Waals surface area (Å²) in [6, 6.07) is 11.6. The van der Waals surface area contributed by atoms with Crippen LogP contribution in [-0.2, 0) is 16.6 Å².